The minimum Gasteiger partial charge on any atom is -0.378 e. The number of methoxy groups -OCH3 is 1. The molecule has 2 aromatic heterocycles. The molecular formula is C15H14N4O3S. The second-order valence-corrected chi connectivity index (χ2v) is 5.64. The van der Waals surface area contributed by atoms with E-state index in [0.29, 0.717) is 35.3 Å². The van der Waals surface area contributed by atoms with Gasteiger partial charge in [0.15, 0.2) is 0 Å². The van der Waals surface area contributed by atoms with Crippen LogP contribution in [0.5, 0.6) is 0 Å². The summed E-state index contributed by atoms with van der Waals surface area (Å²) in [6.07, 6.45) is 0. The molecule has 0 saturated carbocycles. The zero-order valence-corrected chi connectivity index (χ0v) is 13.4. The van der Waals surface area contributed by atoms with E-state index in [-0.39, 0.29) is 5.91 Å². The summed E-state index contributed by atoms with van der Waals surface area (Å²) < 4.78 is 10.0. The average molecular weight is 330 g/mol. The van der Waals surface area contributed by atoms with Crippen LogP contribution in [0.2, 0.25) is 0 Å². The number of rotatable bonds is 5. The number of hydrogen-bond donors (Lipinski definition) is 1. The highest BCUT2D eigenvalue weighted by Crippen LogP contribution is 2.26. The number of para-hydroxylation sites is 1. The highest BCUT2D eigenvalue weighted by molar-refractivity contribution is 7.09. The van der Waals surface area contributed by atoms with Crippen LogP contribution in [-0.2, 0) is 11.3 Å². The summed E-state index contributed by atoms with van der Waals surface area (Å²) in [7, 11) is 1.59. The highest BCUT2D eigenvalue weighted by Gasteiger charge is 2.15. The lowest BCUT2D eigenvalue weighted by molar-refractivity contribution is 0.102. The number of anilines is 1. The van der Waals surface area contributed by atoms with Crippen LogP contribution in [0.1, 0.15) is 21.4 Å². The molecule has 3 aromatic rings. The minimum absolute atomic E-state index is 0.295. The third-order valence-corrected chi connectivity index (χ3v) is 3.82. The first-order chi connectivity index (χ1) is 11.2. The molecule has 3 rings (SSSR count). The van der Waals surface area contributed by atoms with Crippen LogP contribution in [0.25, 0.3) is 11.4 Å². The molecule has 8 heteroatoms. The fraction of sp³-hybridized carbons (Fsp3) is 0.200. The highest BCUT2D eigenvalue weighted by atomic mass is 32.1. The Morgan fingerprint density at radius 2 is 2.17 bits per heavy atom. The van der Waals surface area contributed by atoms with Crippen molar-refractivity contribution in [3.05, 3.63) is 46.2 Å². The molecular weight excluding hydrogens is 316 g/mol. The van der Waals surface area contributed by atoms with E-state index < -0.39 is 0 Å². The Balaban J connectivity index is 1.83. The van der Waals surface area contributed by atoms with Gasteiger partial charge in [-0.3, -0.25) is 4.79 Å². The number of carbonyl (C=O) groups excluding carboxylic acids is 1. The molecule has 0 unspecified atom stereocenters. The van der Waals surface area contributed by atoms with Gasteiger partial charge in [-0.15, -0.1) is 11.3 Å². The van der Waals surface area contributed by atoms with Gasteiger partial charge in [-0.1, -0.05) is 17.3 Å². The molecule has 0 aliphatic heterocycles. The SMILES string of the molecule is COCc1nc(C(=O)Nc2ccccc2-c2noc(C)n2)cs1. The number of ether oxygens (including phenoxy) is 1. The number of nitrogens with zero attached hydrogens (tertiary/aromatic N) is 3. The molecule has 0 aliphatic rings. The Hall–Kier alpha value is -2.58. The lowest BCUT2D eigenvalue weighted by atomic mass is 10.1. The molecule has 1 N–H and O–H groups in total. The van der Waals surface area contributed by atoms with Crippen LogP contribution in [0, 0.1) is 6.92 Å². The molecule has 1 amide bonds. The summed E-state index contributed by atoms with van der Waals surface area (Å²) in [4.78, 5) is 20.8. The summed E-state index contributed by atoms with van der Waals surface area (Å²) in [5.74, 6) is 0.595. The second-order valence-electron chi connectivity index (χ2n) is 4.70. The summed E-state index contributed by atoms with van der Waals surface area (Å²) in [6.45, 7) is 2.10. The first-order valence-corrected chi connectivity index (χ1v) is 7.69. The van der Waals surface area contributed by atoms with Crippen LogP contribution < -0.4 is 5.32 Å². The van der Waals surface area contributed by atoms with Crippen molar-refractivity contribution in [2.75, 3.05) is 12.4 Å². The van der Waals surface area contributed by atoms with E-state index in [4.69, 9.17) is 9.26 Å². The number of benzene rings is 1. The van der Waals surface area contributed by atoms with E-state index in [2.05, 4.69) is 20.4 Å². The predicted molar refractivity (Wildman–Crippen MR) is 85.3 cm³/mol. The van der Waals surface area contributed by atoms with Crippen molar-refractivity contribution >= 4 is 22.9 Å². The van der Waals surface area contributed by atoms with Gasteiger partial charge in [0, 0.05) is 25.0 Å². The number of hydrogen-bond acceptors (Lipinski definition) is 7. The Morgan fingerprint density at radius 1 is 1.35 bits per heavy atom. The largest absolute Gasteiger partial charge is 0.378 e. The molecule has 118 valence electrons. The maximum atomic E-state index is 12.3. The van der Waals surface area contributed by atoms with Crippen LogP contribution in [0.3, 0.4) is 0 Å². The Kier molecular flexibility index (Phi) is 4.45. The molecule has 0 bridgehead atoms. The van der Waals surface area contributed by atoms with E-state index >= 15 is 0 Å². The van der Waals surface area contributed by atoms with E-state index in [9.17, 15) is 4.79 Å². The fourth-order valence-electron chi connectivity index (χ4n) is 1.99. The van der Waals surface area contributed by atoms with Crippen molar-refractivity contribution < 1.29 is 14.1 Å². The Morgan fingerprint density at radius 3 is 2.91 bits per heavy atom. The lowest BCUT2D eigenvalue weighted by Gasteiger charge is -2.07. The van der Waals surface area contributed by atoms with Gasteiger partial charge in [-0.2, -0.15) is 4.98 Å². The third kappa shape index (κ3) is 3.43. The van der Waals surface area contributed by atoms with Crippen molar-refractivity contribution in [2.24, 2.45) is 0 Å². The number of aryl methyl sites for hydroxylation is 1. The van der Waals surface area contributed by atoms with Gasteiger partial charge in [0.05, 0.1) is 12.3 Å². The van der Waals surface area contributed by atoms with Crippen molar-refractivity contribution in [3.8, 4) is 11.4 Å². The first-order valence-electron chi connectivity index (χ1n) is 6.82. The molecule has 0 aliphatic carbocycles. The van der Waals surface area contributed by atoms with Gasteiger partial charge >= 0.3 is 0 Å². The van der Waals surface area contributed by atoms with Gasteiger partial charge in [-0.05, 0) is 12.1 Å². The molecule has 23 heavy (non-hydrogen) atoms. The van der Waals surface area contributed by atoms with E-state index in [1.54, 1.807) is 25.5 Å². The van der Waals surface area contributed by atoms with Gasteiger partial charge in [0.25, 0.3) is 5.91 Å². The zero-order chi connectivity index (χ0) is 16.2. The van der Waals surface area contributed by atoms with Crippen molar-refractivity contribution in [1.29, 1.82) is 0 Å². The molecule has 0 spiro atoms. The molecule has 0 saturated heterocycles. The van der Waals surface area contributed by atoms with Gasteiger partial charge in [0.2, 0.25) is 11.7 Å². The van der Waals surface area contributed by atoms with Gasteiger partial charge < -0.3 is 14.6 Å². The normalized spacial score (nSPS) is 10.7. The first kappa shape index (κ1) is 15.3. The third-order valence-electron chi connectivity index (χ3n) is 3.00. The summed E-state index contributed by atoms with van der Waals surface area (Å²) >= 11 is 1.38. The van der Waals surface area contributed by atoms with Crippen molar-refractivity contribution in [1.82, 2.24) is 15.1 Å². The quantitative estimate of drug-likeness (QED) is 0.773. The molecule has 2 heterocycles. The molecule has 0 radical (unpaired) electrons. The Labute approximate surface area is 136 Å². The zero-order valence-electron chi connectivity index (χ0n) is 12.6. The fourth-order valence-corrected chi connectivity index (χ4v) is 2.73. The van der Waals surface area contributed by atoms with Crippen LogP contribution in [0.4, 0.5) is 5.69 Å². The maximum Gasteiger partial charge on any atom is 0.275 e. The average Bonchev–Trinajstić information content (AvgIpc) is 3.17. The van der Waals surface area contributed by atoms with E-state index in [1.165, 1.54) is 11.3 Å². The molecule has 0 atom stereocenters. The molecule has 1 aromatic carbocycles. The van der Waals surface area contributed by atoms with Crippen LogP contribution in [-0.4, -0.2) is 28.1 Å². The second kappa shape index (κ2) is 6.67. The van der Waals surface area contributed by atoms with Crippen molar-refractivity contribution in [3.63, 3.8) is 0 Å². The number of amides is 1. The summed E-state index contributed by atoms with van der Waals surface area (Å²) in [5, 5.41) is 9.17. The van der Waals surface area contributed by atoms with E-state index in [1.807, 2.05) is 18.2 Å². The lowest BCUT2D eigenvalue weighted by Crippen LogP contribution is -2.13. The maximum absolute atomic E-state index is 12.3. The van der Waals surface area contributed by atoms with Crippen LogP contribution >= 0.6 is 11.3 Å². The van der Waals surface area contributed by atoms with Crippen molar-refractivity contribution in [2.45, 2.75) is 13.5 Å². The standard InChI is InChI=1S/C15H14N4O3S/c1-9-16-14(19-22-9)10-5-3-4-6-11(10)18-15(20)12-8-23-13(17-12)7-21-2/h3-6,8H,7H2,1-2H3,(H,18,20). The summed E-state index contributed by atoms with van der Waals surface area (Å²) in [6, 6.07) is 7.26. The number of aromatic nitrogens is 3. The van der Waals surface area contributed by atoms with Gasteiger partial charge in [-0.25, -0.2) is 4.98 Å². The molecule has 0 fully saturated rings. The Bertz CT molecular complexity index is 828. The molecule has 7 nitrogen and oxygen atoms in total. The summed E-state index contributed by atoms with van der Waals surface area (Å²) in [5.41, 5.74) is 1.63. The predicted octanol–water partition coefficient (Wildman–Crippen LogP) is 2.90. The topological polar surface area (TPSA) is 90.1 Å². The smallest absolute Gasteiger partial charge is 0.275 e. The van der Waals surface area contributed by atoms with E-state index in [0.717, 1.165) is 5.01 Å². The number of nitrogens with one attached hydrogen (secondary N) is 1. The van der Waals surface area contributed by atoms with Gasteiger partial charge in [0.1, 0.15) is 10.7 Å². The number of thiazole rings is 1. The number of carbonyl (C=O) groups is 1. The minimum atomic E-state index is -0.295. The monoisotopic (exact) mass is 330 g/mol. The van der Waals surface area contributed by atoms with Crippen LogP contribution in [0.15, 0.2) is 34.2 Å².